The van der Waals surface area contributed by atoms with Crippen LogP contribution in [0, 0.1) is 13.8 Å². The fourth-order valence-electron chi connectivity index (χ4n) is 4.73. The summed E-state index contributed by atoms with van der Waals surface area (Å²) in [5.74, 6) is -5.70. The highest BCUT2D eigenvalue weighted by Gasteiger charge is 2.36. The van der Waals surface area contributed by atoms with Crippen LogP contribution in [0.15, 0.2) is 40.9 Å². The zero-order chi connectivity index (χ0) is 41.2. The predicted molar refractivity (Wildman–Crippen MR) is 173 cm³/mol. The maximum Gasteiger partial charge on any atom is 0.257 e. The van der Waals surface area contributed by atoms with Gasteiger partial charge in [0.05, 0.1) is 66.8 Å². The van der Waals surface area contributed by atoms with Gasteiger partial charge >= 0.3 is 0 Å². The number of amides is 4. The molecule has 0 aliphatic carbocycles. The fraction of sp³-hybridized carbons (Fsp3) is 0.312. The van der Waals surface area contributed by atoms with Crippen LogP contribution in [0.3, 0.4) is 0 Å². The number of benzene rings is 3. The third kappa shape index (κ3) is 7.18. The van der Waals surface area contributed by atoms with Gasteiger partial charge < -0.3 is 44.5 Å². The first-order valence-corrected chi connectivity index (χ1v) is 14.2. The molecule has 3 aromatic rings. The monoisotopic (exact) mass is 707 g/mol. The molecule has 0 spiro atoms. The van der Waals surface area contributed by atoms with Crippen molar-refractivity contribution in [3.05, 3.63) is 63.1 Å². The number of carbonyl (C=O) groups is 4. The summed E-state index contributed by atoms with van der Waals surface area (Å²) in [7, 11) is -7.11. The highest BCUT2D eigenvalue weighted by molar-refractivity contribution is 9.10. The number of carbonyl (C=O) groups excluding carboxylic acids is 4. The first-order valence-electron chi connectivity index (χ1n) is 17.9. The molecule has 0 saturated heterocycles. The number of rotatable bonds is 11. The molecule has 0 aromatic heterocycles. The minimum absolute atomic E-state index is 0.0814. The summed E-state index contributed by atoms with van der Waals surface area (Å²) in [6.07, 6.45) is -0.419. The third-order valence-corrected chi connectivity index (χ3v) is 7.65. The third-order valence-electron chi connectivity index (χ3n) is 6.86. The Kier molecular flexibility index (Phi) is 7.42. The molecule has 0 fully saturated rings. The molecule has 244 valence electrons. The Labute approximate surface area is 287 Å². The lowest BCUT2D eigenvalue weighted by Gasteiger charge is -2.24. The van der Waals surface area contributed by atoms with Gasteiger partial charge in [0, 0.05) is 14.2 Å². The van der Waals surface area contributed by atoms with Crippen molar-refractivity contribution >= 4 is 50.9 Å². The van der Waals surface area contributed by atoms with Crippen LogP contribution in [-0.2, 0) is 14.3 Å². The number of halogens is 1. The van der Waals surface area contributed by atoms with E-state index in [9.17, 15) is 19.2 Å². The Morgan fingerprint density at radius 3 is 2.35 bits per heavy atom. The van der Waals surface area contributed by atoms with Crippen LogP contribution in [-0.4, -0.2) is 76.6 Å². The molecule has 0 unspecified atom stereocenters. The SMILES string of the molecule is [2H]C([2H])([2H])Oc1cc(C(=O)Nc2cc3c(cc2Oc2cc(C)cc(C)c2)C(=O)N(C)[C@@H](CC(=O)NCOC)C(=O)N3)c(Br)c(OC([2H])([2H])[2H])c1OC([2H])([2H])[2H]. The zero-order valence-corrected chi connectivity index (χ0v) is 26.5. The largest absolute Gasteiger partial charge is 0.493 e. The van der Waals surface area contributed by atoms with Crippen molar-refractivity contribution in [2.45, 2.75) is 26.3 Å². The lowest BCUT2D eigenvalue weighted by Crippen LogP contribution is -2.45. The van der Waals surface area contributed by atoms with Crippen LogP contribution in [0.5, 0.6) is 28.7 Å². The molecule has 0 bridgehead atoms. The second-order valence-corrected chi connectivity index (χ2v) is 10.9. The Morgan fingerprint density at radius 1 is 0.978 bits per heavy atom. The Hall–Kier alpha value is -4.82. The summed E-state index contributed by atoms with van der Waals surface area (Å²) in [6, 6.07) is 7.20. The van der Waals surface area contributed by atoms with E-state index in [1.54, 1.807) is 12.1 Å². The summed E-state index contributed by atoms with van der Waals surface area (Å²) in [5.41, 5.74) is 0.733. The number of ether oxygens (including phenoxy) is 5. The molecule has 4 rings (SSSR count). The molecular weight excluding hydrogens is 664 g/mol. The van der Waals surface area contributed by atoms with Gasteiger partial charge in [-0.3, -0.25) is 19.2 Å². The number of aryl methyl sites for hydroxylation is 2. The molecule has 3 aromatic carbocycles. The molecule has 0 saturated carbocycles. The second kappa shape index (κ2) is 14.5. The molecule has 13 nitrogen and oxygen atoms in total. The van der Waals surface area contributed by atoms with E-state index in [4.69, 9.17) is 36.0 Å². The van der Waals surface area contributed by atoms with Crippen molar-refractivity contribution in [2.75, 3.05) is 52.6 Å². The number of hydrogen-bond donors (Lipinski definition) is 3. The number of likely N-dealkylation sites (N-methyl/N-ethyl adjacent to an activating group) is 1. The summed E-state index contributed by atoms with van der Waals surface area (Å²) in [4.78, 5) is 54.9. The first kappa shape index (κ1) is 23.5. The van der Waals surface area contributed by atoms with Crippen molar-refractivity contribution in [2.24, 2.45) is 0 Å². The van der Waals surface area contributed by atoms with E-state index in [1.807, 2.05) is 19.9 Å². The lowest BCUT2D eigenvalue weighted by molar-refractivity contribution is -0.128. The second-order valence-electron chi connectivity index (χ2n) is 10.1. The quantitative estimate of drug-likeness (QED) is 0.242. The molecule has 0 radical (unpaired) electrons. The van der Waals surface area contributed by atoms with E-state index < -0.39 is 84.5 Å². The van der Waals surface area contributed by atoms with Crippen molar-refractivity contribution in [1.29, 1.82) is 0 Å². The lowest BCUT2D eigenvalue weighted by atomic mass is 10.1. The standard InChI is InChI=1S/C32H35BrN4O9/c1-16-8-17(2)10-18(9-16)46-24-11-19-21(35-31(40)23(37(3)32(19)41)14-26(38)34-15-42-4)13-22(24)36-30(39)20-12-25(43-5)28(44-6)29(45-7)27(20)33/h8-13,23H,14-15H2,1-7H3,(H,34,38)(H,35,40)(H,36,39)/t23-/m0/s1/i5D3,6D3,7D3. The van der Waals surface area contributed by atoms with E-state index in [-0.39, 0.29) is 35.2 Å². The summed E-state index contributed by atoms with van der Waals surface area (Å²) < 4.78 is 93.8. The zero-order valence-electron chi connectivity index (χ0n) is 34.0. The van der Waals surface area contributed by atoms with E-state index in [0.29, 0.717) is 0 Å². The van der Waals surface area contributed by atoms with Gasteiger partial charge in [-0.25, -0.2) is 0 Å². The number of methoxy groups -OCH3 is 4. The molecular formula is C32H35BrN4O9. The van der Waals surface area contributed by atoms with Gasteiger partial charge in [0.2, 0.25) is 17.6 Å². The van der Waals surface area contributed by atoms with Gasteiger partial charge in [-0.15, -0.1) is 0 Å². The smallest absolute Gasteiger partial charge is 0.257 e. The van der Waals surface area contributed by atoms with Gasteiger partial charge in [0.1, 0.15) is 18.5 Å². The maximum atomic E-state index is 14.1. The van der Waals surface area contributed by atoms with Crippen LogP contribution in [0.2, 0.25) is 0 Å². The highest BCUT2D eigenvalue weighted by atomic mass is 79.9. The van der Waals surface area contributed by atoms with E-state index >= 15 is 0 Å². The van der Waals surface area contributed by atoms with Gasteiger partial charge in [-0.2, -0.15) is 0 Å². The van der Waals surface area contributed by atoms with Crippen molar-refractivity contribution in [3.8, 4) is 28.7 Å². The molecule has 1 atom stereocenters. The molecule has 4 amide bonds. The Morgan fingerprint density at radius 2 is 1.67 bits per heavy atom. The molecule has 1 heterocycles. The molecule has 14 heteroatoms. The minimum atomic E-state index is -3.27. The van der Waals surface area contributed by atoms with Gasteiger partial charge in [0.25, 0.3) is 11.8 Å². The Bertz CT molecular complexity index is 1990. The van der Waals surface area contributed by atoms with E-state index in [1.165, 1.54) is 26.3 Å². The predicted octanol–water partition coefficient (Wildman–Crippen LogP) is 4.64. The normalized spacial score (nSPS) is 17.8. The number of nitrogens with zero attached hydrogens (tertiary/aromatic N) is 1. The Balaban J connectivity index is 1.89. The molecule has 1 aliphatic heterocycles. The fourth-order valence-corrected chi connectivity index (χ4v) is 5.28. The van der Waals surface area contributed by atoms with Crippen molar-refractivity contribution in [1.82, 2.24) is 10.2 Å². The number of fused-ring (bicyclic) bond motifs is 1. The van der Waals surface area contributed by atoms with Crippen LogP contribution >= 0.6 is 15.9 Å². The topological polar surface area (TPSA) is 154 Å². The minimum Gasteiger partial charge on any atom is -0.493 e. The maximum absolute atomic E-state index is 14.1. The number of hydrogen-bond acceptors (Lipinski definition) is 9. The van der Waals surface area contributed by atoms with Crippen LogP contribution in [0.4, 0.5) is 11.4 Å². The van der Waals surface area contributed by atoms with Crippen LogP contribution in [0.25, 0.3) is 0 Å². The number of anilines is 2. The van der Waals surface area contributed by atoms with Gasteiger partial charge in [0.15, 0.2) is 17.2 Å². The summed E-state index contributed by atoms with van der Waals surface area (Å²) in [5, 5.41) is 7.61. The molecule has 46 heavy (non-hydrogen) atoms. The number of nitrogens with one attached hydrogen (secondary N) is 3. The molecule has 1 aliphatic rings. The van der Waals surface area contributed by atoms with E-state index in [2.05, 4.69) is 31.9 Å². The van der Waals surface area contributed by atoms with E-state index in [0.717, 1.165) is 22.1 Å². The van der Waals surface area contributed by atoms with Crippen molar-refractivity contribution in [3.63, 3.8) is 0 Å². The average Bonchev–Trinajstić information content (AvgIpc) is 3.11. The highest BCUT2D eigenvalue weighted by Crippen LogP contribution is 2.45. The summed E-state index contributed by atoms with van der Waals surface area (Å²) in [6.45, 7) is 3.49. The van der Waals surface area contributed by atoms with Crippen LogP contribution in [0.1, 0.15) is 50.6 Å². The average molecular weight is 709 g/mol. The van der Waals surface area contributed by atoms with Gasteiger partial charge in [-0.1, -0.05) is 6.07 Å². The summed E-state index contributed by atoms with van der Waals surface area (Å²) >= 11 is 3.07. The van der Waals surface area contributed by atoms with Crippen molar-refractivity contribution < 1.29 is 55.2 Å². The van der Waals surface area contributed by atoms with Crippen LogP contribution < -0.4 is 34.9 Å². The van der Waals surface area contributed by atoms with Gasteiger partial charge in [-0.05, 0) is 71.2 Å². The first-order chi connectivity index (χ1) is 25.4. The molecule has 3 N–H and O–H groups in total.